The molecule has 44 heavy (non-hydrogen) atoms. The van der Waals surface area contributed by atoms with Gasteiger partial charge in [0.15, 0.2) is 11.5 Å². The van der Waals surface area contributed by atoms with Crippen LogP contribution in [0.25, 0.3) is 0 Å². The van der Waals surface area contributed by atoms with E-state index >= 15 is 0 Å². The molecule has 0 radical (unpaired) electrons. The molecule has 6 rings (SSSR count). The first-order chi connectivity index (χ1) is 21.3. The van der Waals surface area contributed by atoms with Gasteiger partial charge in [0, 0.05) is 81.8 Å². The molecule has 0 atom stereocenters. The van der Waals surface area contributed by atoms with Crippen molar-refractivity contribution in [3.63, 3.8) is 0 Å². The predicted octanol–water partition coefficient (Wildman–Crippen LogP) is 5.01. The van der Waals surface area contributed by atoms with Gasteiger partial charge in [-0.05, 0) is 17.0 Å². The lowest BCUT2D eigenvalue weighted by Gasteiger charge is -2.33. The smallest absolute Gasteiger partial charge is 0.223 e. The summed E-state index contributed by atoms with van der Waals surface area (Å²) in [6.45, 7) is 11.5. The number of aromatic nitrogens is 2. The first-order valence-electron chi connectivity index (χ1n) is 15.7. The van der Waals surface area contributed by atoms with Crippen LogP contribution in [-0.2, 0) is 26.2 Å². The Hall–Kier alpha value is -4.14. The largest absolute Gasteiger partial charge is 0.503 e. The monoisotopic (exact) mass is 596 g/mol. The molecule has 8 nitrogen and oxygen atoms in total. The number of rotatable bonds is 8. The highest BCUT2D eigenvalue weighted by molar-refractivity contribution is 5.33. The average Bonchev–Trinajstić information content (AvgIpc) is 3.05. The van der Waals surface area contributed by atoms with Gasteiger partial charge in [-0.25, -0.2) is 0 Å². The molecule has 0 spiro atoms. The van der Waals surface area contributed by atoms with Crippen LogP contribution in [0.5, 0.6) is 11.5 Å². The predicted molar refractivity (Wildman–Crippen MR) is 174 cm³/mol. The Bertz CT molecular complexity index is 1590. The molecule has 0 amide bonds. The molecule has 0 aliphatic carbocycles. The summed E-state index contributed by atoms with van der Waals surface area (Å²) < 4.78 is 3.97. The number of hydrogen-bond donors (Lipinski definition) is 2. The number of hydrogen-bond acceptors (Lipinski definition) is 6. The highest BCUT2D eigenvalue weighted by Gasteiger charge is 2.23. The average molecular weight is 597 g/mol. The van der Waals surface area contributed by atoms with Gasteiger partial charge in [0.2, 0.25) is 10.9 Å². The van der Waals surface area contributed by atoms with Crippen molar-refractivity contribution in [1.29, 1.82) is 0 Å². The summed E-state index contributed by atoms with van der Waals surface area (Å²) in [6.07, 6.45) is 5.53. The minimum atomic E-state index is -0.305. The van der Waals surface area contributed by atoms with Crippen LogP contribution in [0.4, 0.5) is 0 Å². The quantitative estimate of drug-likeness (QED) is 0.297. The second-order valence-corrected chi connectivity index (χ2v) is 11.9. The molecule has 4 aromatic rings. The van der Waals surface area contributed by atoms with Crippen molar-refractivity contribution in [2.45, 2.75) is 58.8 Å². The number of nitrogens with zero attached hydrogens (tertiary/aromatic N) is 4. The summed E-state index contributed by atoms with van der Waals surface area (Å²) in [5.41, 5.74) is 3.99. The maximum absolute atomic E-state index is 11.8. The van der Waals surface area contributed by atoms with Gasteiger partial charge in [0.1, 0.15) is 0 Å². The summed E-state index contributed by atoms with van der Waals surface area (Å²) in [6, 6.07) is 24.3. The molecular formula is C36H44N4O4. The van der Waals surface area contributed by atoms with Gasteiger partial charge in [0.05, 0.1) is 12.4 Å². The van der Waals surface area contributed by atoms with E-state index in [1.165, 1.54) is 24.0 Å². The van der Waals surface area contributed by atoms with Crippen LogP contribution < -0.4 is 10.9 Å². The lowest BCUT2D eigenvalue weighted by Crippen LogP contribution is -2.37. The van der Waals surface area contributed by atoms with E-state index in [-0.39, 0.29) is 28.3 Å². The van der Waals surface area contributed by atoms with Gasteiger partial charge in [-0.2, -0.15) is 0 Å². The van der Waals surface area contributed by atoms with Crippen LogP contribution in [0, 0.1) is 5.92 Å². The summed E-state index contributed by atoms with van der Waals surface area (Å²) in [5.74, 6) is 0.703. The molecule has 0 bridgehead atoms. The summed E-state index contributed by atoms with van der Waals surface area (Å²) in [7, 11) is 0. The Morgan fingerprint density at radius 3 is 1.50 bits per heavy atom. The Morgan fingerprint density at radius 1 is 0.636 bits per heavy atom. The van der Waals surface area contributed by atoms with Gasteiger partial charge >= 0.3 is 0 Å². The van der Waals surface area contributed by atoms with E-state index in [1.807, 2.05) is 21.3 Å². The molecule has 2 N–H and O–H groups in total. The molecule has 2 aliphatic heterocycles. The Morgan fingerprint density at radius 2 is 1.07 bits per heavy atom. The van der Waals surface area contributed by atoms with Gasteiger partial charge in [0.25, 0.3) is 0 Å². The van der Waals surface area contributed by atoms with Crippen molar-refractivity contribution in [1.82, 2.24) is 18.9 Å². The maximum atomic E-state index is 11.8. The third-order valence-corrected chi connectivity index (χ3v) is 9.00. The fraction of sp³-hybridized carbons (Fsp3) is 0.389. The van der Waals surface area contributed by atoms with E-state index in [9.17, 15) is 19.8 Å². The van der Waals surface area contributed by atoms with E-state index in [4.69, 9.17) is 0 Å². The summed E-state index contributed by atoms with van der Waals surface area (Å²) in [5, 5.41) is 19.1. The number of benzene rings is 2. The van der Waals surface area contributed by atoms with E-state index in [1.54, 1.807) is 24.5 Å². The zero-order valence-corrected chi connectivity index (χ0v) is 25.8. The molecule has 8 heteroatoms. The van der Waals surface area contributed by atoms with Gasteiger partial charge < -0.3 is 19.3 Å². The highest BCUT2D eigenvalue weighted by atomic mass is 16.3. The second-order valence-electron chi connectivity index (χ2n) is 11.9. The van der Waals surface area contributed by atoms with E-state index in [0.717, 1.165) is 63.1 Å². The van der Waals surface area contributed by atoms with E-state index in [0.29, 0.717) is 6.54 Å². The summed E-state index contributed by atoms with van der Waals surface area (Å²) >= 11 is 0. The zero-order chi connectivity index (χ0) is 31.1. The minimum Gasteiger partial charge on any atom is -0.503 e. The fourth-order valence-electron chi connectivity index (χ4n) is 6.26. The number of fused-ring (bicyclic) bond motifs is 2. The molecule has 0 fully saturated rings. The third-order valence-electron chi connectivity index (χ3n) is 9.00. The molecule has 2 aromatic heterocycles. The Kier molecular flexibility index (Phi) is 10.4. The molecule has 0 saturated carbocycles. The summed E-state index contributed by atoms with van der Waals surface area (Å²) in [4.78, 5) is 28.0. The third kappa shape index (κ3) is 7.68. The minimum absolute atomic E-state index is 0.146. The molecule has 0 unspecified atom stereocenters. The number of aromatic hydroxyl groups is 2. The fourth-order valence-corrected chi connectivity index (χ4v) is 6.26. The lowest BCUT2D eigenvalue weighted by atomic mass is 9.90. The van der Waals surface area contributed by atoms with E-state index < -0.39 is 0 Å². The van der Waals surface area contributed by atoms with E-state index in [2.05, 4.69) is 72.2 Å². The first kappa shape index (κ1) is 31.3. The van der Waals surface area contributed by atoms with Crippen molar-refractivity contribution in [3.8, 4) is 11.5 Å². The van der Waals surface area contributed by atoms with Gasteiger partial charge in [-0.15, -0.1) is 0 Å². The molecule has 0 saturated heterocycles. The van der Waals surface area contributed by atoms with Crippen LogP contribution in [0.3, 0.4) is 0 Å². The lowest BCUT2D eigenvalue weighted by molar-refractivity contribution is 0.181. The van der Waals surface area contributed by atoms with Crippen LogP contribution in [-0.4, -0.2) is 55.3 Å². The van der Waals surface area contributed by atoms with Crippen molar-refractivity contribution < 1.29 is 10.2 Å². The number of pyridine rings is 2. The Balaban J connectivity index is 0.000000187. The molecule has 4 heterocycles. The van der Waals surface area contributed by atoms with Gasteiger partial charge in [-0.1, -0.05) is 87.4 Å². The molecule has 2 aromatic carbocycles. The molecule has 232 valence electrons. The first-order valence-corrected chi connectivity index (χ1v) is 15.7. The van der Waals surface area contributed by atoms with Crippen molar-refractivity contribution in [3.05, 3.63) is 128 Å². The van der Waals surface area contributed by atoms with Crippen molar-refractivity contribution in [2.24, 2.45) is 5.92 Å². The standard InChI is InChI=1S/C22H22N2O2.C14H22N2O2/c25-21-13-19-14-23(11-12-24(19)16-22(21)26)15-20(17-7-3-1-4-8-17)18-9-5-2-6-10-18;1-3-11(4-2)8-15-5-6-16-10-14(18)13(17)7-12(16)9-15/h1-10,13,16,20,26H,11-12,14-15H2;7,10-11,18H,3-6,8-9H2,1-2H3. The van der Waals surface area contributed by atoms with Gasteiger partial charge in [-0.3, -0.25) is 19.4 Å². The molecular weight excluding hydrogens is 552 g/mol. The SMILES string of the molecule is CCC(CC)CN1CCn2cc(O)c(=O)cc2C1.O=c1cc2n(cc1O)CCN(CC(c1ccccc1)c1ccccc1)C2. The Labute approximate surface area is 259 Å². The topological polar surface area (TPSA) is 90.9 Å². The van der Waals surface area contributed by atoms with Crippen molar-refractivity contribution in [2.75, 3.05) is 26.2 Å². The zero-order valence-electron chi connectivity index (χ0n) is 25.8. The second kappa shape index (κ2) is 14.6. The van der Waals surface area contributed by atoms with Crippen LogP contribution in [0.1, 0.15) is 55.1 Å². The van der Waals surface area contributed by atoms with Crippen LogP contribution in [0.2, 0.25) is 0 Å². The molecule has 2 aliphatic rings. The maximum Gasteiger partial charge on any atom is 0.223 e. The van der Waals surface area contributed by atoms with Crippen molar-refractivity contribution >= 4 is 0 Å². The van der Waals surface area contributed by atoms with Crippen LogP contribution in [0.15, 0.2) is 94.8 Å². The van der Waals surface area contributed by atoms with Crippen LogP contribution >= 0.6 is 0 Å². The highest BCUT2D eigenvalue weighted by Crippen LogP contribution is 2.27. The normalized spacial score (nSPS) is 15.0.